The minimum absolute atomic E-state index is 0.0206. The van der Waals surface area contributed by atoms with E-state index in [1.807, 2.05) is 36.9 Å². The lowest BCUT2D eigenvalue weighted by molar-refractivity contribution is 0.0668. The average Bonchev–Trinajstić information content (AvgIpc) is 2.70. The maximum atomic E-state index is 12.3. The molecule has 2 aliphatic rings. The molecule has 0 bridgehead atoms. The quantitative estimate of drug-likeness (QED) is 0.816. The van der Waals surface area contributed by atoms with Crippen LogP contribution in [0.3, 0.4) is 0 Å². The van der Waals surface area contributed by atoms with Crippen molar-refractivity contribution in [3.63, 3.8) is 0 Å². The lowest BCUT2D eigenvalue weighted by atomic mass is 9.89. The molecule has 0 saturated carbocycles. The Morgan fingerprint density at radius 3 is 2.70 bits per heavy atom. The molecule has 0 aromatic heterocycles. The Hall–Kier alpha value is -1.77. The van der Waals surface area contributed by atoms with Crippen molar-refractivity contribution in [1.82, 2.24) is 4.90 Å². The number of benzene rings is 1. The number of ether oxygens (including phenoxy) is 1. The Balaban J connectivity index is 1.97. The van der Waals surface area contributed by atoms with E-state index < -0.39 is 5.60 Å². The zero-order chi connectivity index (χ0) is 14.2. The molecule has 1 radical (unpaired) electrons. The molecule has 3 rings (SSSR count). The second-order valence-corrected chi connectivity index (χ2v) is 6.03. The number of carbonyl (C=O) groups excluding carboxylic acids is 1. The van der Waals surface area contributed by atoms with Crippen molar-refractivity contribution in [2.24, 2.45) is 0 Å². The van der Waals surface area contributed by atoms with E-state index in [0.29, 0.717) is 0 Å². The van der Waals surface area contributed by atoms with Gasteiger partial charge < -0.3 is 4.74 Å². The monoisotopic (exact) mass is 270 g/mol. The van der Waals surface area contributed by atoms with Gasteiger partial charge in [0.1, 0.15) is 5.60 Å². The molecule has 1 saturated heterocycles. The molecular weight excluding hydrogens is 250 g/mol. The average molecular weight is 270 g/mol. The fourth-order valence-electron chi connectivity index (χ4n) is 3.27. The molecule has 1 aliphatic carbocycles. The standard InChI is InChI=1S/C17H20NO2/c1-17(2)15(13-9-5-3-6-10-13)18(16(19)20-17)14-11-7-4-8-12-14/h3,5-7,9-10,14-15H,8,11-12H2,1-2H3. The summed E-state index contributed by atoms with van der Waals surface area (Å²) in [6.45, 7) is 3.99. The highest BCUT2D eigenvalue weighted by atomic mass is 16.6. The van der Waals surface area contributed by atoms with E-state index in [1.54, 1.807) is 0 Å². The van der Waals surface area contributed by atoms with Gasteiger partial charge in [-0.3, -0.25) is 4.90 Å². The van der Waals surface area contributed by atoms with Gasteiger partial charge in [0.15, 0.2) is 0 Å². The number of hydrogen-bond acceptors (Lipinski definition) is 2. The summed E-state index contributed by atoms with van der Waals surface area (Å²) in [5.41, 5.74) is 0.644. The summed E-state index contributed by atoms with van der Waals surface area (Å²) in [6, 6.07) is 10.4. The highest BCUT2D eigenvalue weighted by Crippen LogP contribution is 2.43. The second kappa shape index (κ2) is 4.97. The predicted molar refractivity (Wildman–Crippen MR) is 77.0 cm³/mol. The zero-order valence-electron chi connectivity index (χ0n) is 12.0. The summed E-state index contributed by atoms with van der Waals surface area (Å²) < 4.78 is 5.63. The maximum Gasteiger partial charge on any atom is 0.411 e. The minimum atomic E-state index is -0.497. The van der Waals surface area contributed by atoms with Crippen molar-refractivity contribution >= 4 is 6.09 Å². The van der Waals surface area contributed by atoms with Crippen LogP contribution in [0.25, 0.3) is 0 Å². The molecule has 1 aliphatic heterocycles. The highest BCUT2D eigenvalue weighted by molar-refractivity contribution is 5.72. The van der Waals surface area contributed by atoms with Crippen molar-refractivity contribution in [1.29, 1.82) is 0 Å². The van der Waals surface area contributed by atoms with Gasteiger partial charge in [-0.1, -0.05) is 36.4 Å². The lowest BCUT2D eigenvalue weighted by Gasteiger charge is -2.35. The van der Waals surface area contributed by atoms with Crippen molar-refractivity contribution in [2.75, 3.05) is 0 Å². The SMILES string of the molecule is CC1(C)OC(=O)N(C2CC=[C]CC2)C1c1ccccc1. The smallest absolute Gasteiger partial charge is 0.411 e. The van der Waals surface area contributed by atoms with Crippen molar-refractivity contribution in [2.45, 2.75) is 50.8 Å². The molecule has 1 heterocycles. The molecule has 2 atom stereocenters. The first-order valence-corrected chi connectivity index (χ1v) is 7.21. The van der Waals surface area contributed by atoms with Crippen LogP contribution in [-0.2, 0) is 4.74 Å². The Morgan fingerprint density at radius 2 is 2.05 bits per heavy atom. The van der Waals surface area contributed by atoms with E-state index in [1.165, 1.54) is 0 Å². The van der Waals surface area contributed by atoms with Gasteiger partial charge in [-0.15, -0.1) is 0 Å². The molecule has 1 aromatic carbocycles. The lowest BCUT2D eigenvalue weighted by Crippen LogP contribution is -2.41. The summed E-state index contributed by atoms with van der Waals surface area (Å²) in [7, 11) is 0. The number of cyclic esters (lactones) is 1. The number of amides is 1. The van der Waals surface area contributed by atoms with E-state index in [-0.39, 0.29) is 18.2 Å². The minimum Gasteiger partial charge on any atom is -0.441 e. The summed E-state index contributed by atoms with van der Waals surface area (Å²) in [6.07, 6.45) is 7.83. The van der Waals surface area contributed by atoms with E-state index in [2.05, 4.69) is 24.3 Å². The zero-order valence-corrected chi connectivity index (χ0v) is 12.0. The molecule has 1 amide bonds. The Morgan fingerprint density at radius 1 is 1.30 bits per heavy atom. The molecule has 1 fully saturated rings. The van der Waals surface area contributed by atoms with Crippen molar-refractivity contribution in [3.8, 4) is 0 Å². The molecule has 3 nitrogen and oxygen atoms in total. The van der Waals surface area contributed by atoms with Crippen molar-refractivity contribution < 1.29 is 9.53 Å². The fourth-order valence-corrected chi connectivity index (χ4v) is 3.27. The van der Waals surface area contributed by atoms with Crippen LogP contribution >= 0.6 is 0 Å². The summed E-state index contributed by atoms with van der Waals surface area (Å²) in [5, 5.41) is 0. The summed E-state index contributed by atoms with van der Waals surface area (Å²) in [4.78, 5) is 14.3. The summed E-state index contributed by atoms with van der Waals surface area (Å²) in [5.74, 6) is 0. The maximum absolute atomic E-state index is 12.3. The number of carbonyl (C=O) groups is 1. The van der Waals surface area contributed by atoms with Crippen LogP contribution in [0.2, 0.25) is 0 Å². The molecule has 3 heteroatoms. The molecule has 1 aromatic rings. The van der Waals surface area contributed by atoms with Gasteiger partial charge in [0.2, 0.25) is 0 Å². The van der Waals surface area contributed by atoms with E-state index in [4.69, 9.17) is 4.74 Å². The van der Waals surface area contributed by atoms with Gasteiger partial charge in [-0.25, -0.2) is 4.79 Å². The van der Waals surface area contributed by atoms with Gasteiger partial charge in [-0.2, -0.15) is 0 Å². The highest BCUT2D eigenvalue weighted by Gasteiger charge is 2.50. The van der Waals surface area contributed by atoms with Gasteiger partial charge in [0.25, 0.3) is 0 Å². The number of rotatable bonds is 2. The van der Waals surface area contributed by atoms with Crippen LogP contribution < -0.4 is 0 Å². The third-order valence-electron chi connectivity index (χ3n) is 4.16. The van der Waals surface area contributed by atoms with Crippen LogP contribution in [0.15, 0.2) is 36.4 Å². The third-order valence-corrected chi connectivity index (χ3v) is 4.16. The second-order valence-electron chi connectivity index (χ2n) is 6.03. The molecule has 2 unspecified atom stereocenters. The molecular formula is C17H20NO2. The number of hydrogen-bond donors (Lipinski definition) is 0. The molecule has 0 N–H and O–H groups in total. The first-order valence-electron chi connectivity index (χ1n) is 7.21. The Bertz CT molecular complexity index is 521. The Labute approximate surface area is 120 Å². The molecule has 105 valence electrons. The van der Waals surface area contributed by atoms with Gasteiger partial charge >= 0.3 is 6.09 Å². The Kier molecular flexibility index (Phi) is 3.28. The van der Waals surface area contributed by atoms with Gasteiger partial charge in [0.05, 0.1) is 6.04 Å². The van der Waals surface area contributed by atoms with Crippen LogP contribution in [0.1, 0.15) is 44.7 Å². The van der Waals surface area contributed by atoms with Crippen LogP contribution in [-0.4, -0.2) is 22.6 Å². The fraction of sp³-hybridized carbons (Fsp3) is 0.471. The summed E-state index contributed by atoms with van der Waals surface area (Å²) >= 11 is 0. The van der Waals surface area contributed by atoms with Gasteiger partial charge in [0, 0.05) is 6.04 Å². The number of nitrogens with zero attached hydrogens (tertiary/aromatic N) is 1. The first-order chi connectivity index (χ1) is 9.59. The topological polar surface area (TPSA) is 29.5 Å². The normalized spacial score (nSPS) is 28.5. The van der Waals surface area contributed by atoms with Crippen LogP contribution in [0, 0.1) is 6.08 Å². The first kappa shape index (κ1) is 13.2. The van der Waals surface area contributed by atoms with Gasteiger partial charge in [-0.05, 0) is 44.7 Å². The molecule has 0 spiro atoms. The van der Waals surface area contributed by atoms with Crippen LogP contribution in [0.4, 0.5) is 4.79 Å². The van der Waals surface area contributed by atoms with E-state index in [9.17, 15) is 4.79 Å². The predicted octanol–water partition coefficient (Wildman–Crippen LogP) is 3.87. The molecule has 20 heavy (non-hydrogen) atoms. The van der Waals surface area contributed by atoms with Crippen molar-refractivity contribution in [3.05, 3.63) is 48.0 Å². The van der Waals surface area contributed by atoms with E-state index >= 15 is 0 Å². The van der Waals surface area contributed by atoms with E-state index in [0.717, 1.165) is 24.8 Å². The third kappa shape index (κ3) is 2.21. The largest absolute Gasteiger partial charge is 0.441 e. The van der Waals surface area contributed by atoms with Crippen LogP contribution in [0.5, 0.6) is 0 Å². The number of allylic oxidation sites excluding steroid dienone is 1.